The van der Waals surface area contributed by atoms with Crippen LogP contribution in [0.4, 0.5) is 0 Å². The minimum atomic E-state index is -4.69. The van der Waals surface area contributed by atoms with E-state index in [4.69, 9.17) is 0 Å². The van der Waals surface area contributed by atoms with Crippen molar-refractivity contribution >= 4 is 32.3 Å². The summed E-state index contributed by atoms with van der Waals surface area (Å²) < 4.78 is 71.2. The van der Waals surface area contributed by atoms with E-state index in [1.165, 1.54) is 0 Å². The van der Waals surface area contributed by atoms with Crippen molar-refractivity contribution in [2.45, 2.75) is 0 Å². The summed E-state index contributed by atoms with van der Waals surface area (Å²) >= 11 is -5.29. The maximum Gasteiger partial charge on any atom is 1.00 e. The van der Waals surface area contributed by atoms with E-state index in [0.29, 0.717) is 4.90 Å². The molecule has 0 aliphatic rings. The van der Waals surface area contributed by atoms with Crippen LogP contribution in [-0.4, -0.2) is 53.0 Å². The Morgan fingerprint density at radius 1 is 0.941 bits per heavy atom. The first-order valence-corrected chi connectivity index (χ1v) is 7.05. The first-order chi connectivity index (χ1) is 6.20. The van der Waals surface area contributed by atoms with Crippen LogP contribution in [0.3, 0.4) is 0 Å². The number of hydrogen-bond acceptors (Lipinski definition) is 8. The first kappa shape index (κ1) is 28.3. The zero-order valence-corrected chi connectivity index (χ0v) is 18.1. The minimum Gasteiger partial charge on any atom is -0.771 e. The van der Waals surface area contributed by atoms with Crippen LogP contribution < -0.4 is 88.7 Å². The second-order valence-electron chi connectivity index (χ2n) is 2.22. The van der Waals surface area contributed by atoms with Crippen molar-refractivity contribution in [2.24, 2.45) is 0 Å². The molecule has 17 heavy (non-hydrogen) atoms. The molecule has 0 aliphatic heterocycles. The maximum atomic E-state index is 10.2. The van der Waals surface area contributed by atoms with Gasteiger partial charge in [0.05, 0.1) is 17.6 Å². The van der Waals surface area contributed by atoms with Crippen LogP contribution in [0.2, 0.25) is 0 Å². The van der Waals surface area contributed by atoms with Crippen LogP contribution in [0, 0.1) is 0 Å². The van der Waals surface area contributed by atoms with E-state index in [-0.39, 0.29) is 88.7 Å². The third-order valence-electron chi connectivity index (χ3n) is 0.917. The smallest absolute Gasteiger partial charge is 0.771 e. The van der Waals surface area contributed by atoms with Gasteiger partial charge in [-0.2, -0.15) is 0 Å². The number of rotatable bonds is 6. The second kappa shape index (κ2) is 14.0. The molecule has 0 spiro atoms. The standard InChI is InChI=1S/C3H9NO7S3.3Na/c5-12(6)1-4(2-13(7)8)3-14(9,10)11;;;/h1-3H2,(H,5,6)(H,7,8)(H,9,10,11);;;/q;3*+1/p-3. The maximum absolute atomic E-state index is 10.2. The van der Waals surface area contributed by atoms with Crippen LogP contribution >= 0.6 is 0 Å². The van der Waals surface area contributed by atoms with E-state index in [9.17, 15) is 30.5 Å². The fraction of sp³-hybridized carbons (Fsp3) is 1.00. The number of hydrogen-bond donors (Lipinski definition) is 0. The number of nitrogens with zero attached hydrogens (tertiary/aromatic N) is 1. The van der Waals surface area contributed by atoms with Gasteiger partial charge in [0.25, 0.3) is 0 Å². The summed E-state index contributed by atoms with van der Waals surface area (Å²) in [5, 5.41) is 0. The van der Waals surface area contributed by atoms with E-state index in [2.05, 4.69) is 0 Å². The molecule has 0 amide bonds. The Morgan fingerprint density at radius 3 is 1.41 bits per heavy atom. The van der Waals surface area contributed by atoms with Crippen LogP contribution in [0.25, 0.3) is 0 Å². The van der Waals surface area contributed by atoms with Gasteiger partial charge in [-0.05, 0) is 22.2 Å². The Labute approximate surface area is 171 Å². The first-order valence-electron chi connectivity index (χ1n) is 2.98. The molecule has 0 rings (SSSR count). The average molecular weight is 333 g/mol. The van der Waals surface area contributed by atoms with Gasteiger partial charge < -0.3 is 13.7 Å². The molecule has 2 atom stereocenters. The van der Waals surface area contributed by atoms with Gasteiger partial charge in [0.2, 0.25) is 0 Å². The monoisotopic (exact) mass is 333 g/mol. The molecule has 0 saturated heterocycles. The normalized spacial score (nSPS) is 13.9. The summed E-state index contributed by atoms with van der Waals surface area (Å²) in [6, 6.07) is 0. The second-order valence-corrected chi connectivity index (χ2v) is 5.33. The Kier molecular flexibility index (Phi) is 23.4. The molecule has 0 aromatic heterocycles. The van der Waals surface area contributed by atoms with Crippen LogP contribution in [0.5, 0.6) is 0 Å². The van der Waals surface area contributed by atoms with Gasteiger partial charge >= 0.3 is 88.7 Å². The zero-order chi connectivity index (χ0) is 11.4. The molecule has 2 unspecified atom stereocenters. The van der Waals surface area contributed by atoms with E-state index in [1.807, 2.05) is 0 Å². The minimum absolute atomic E-state index is 0. The summed E-state index contributed by atoms with van der Waals surface area (Å²) in [7, 11) is -4.69. The molecule has 0 N–H and O–H groups in total. The molecule has 86 valence electrons. The van der Waals surface area contributed by atoms with E-state index in [1.54, 1.807) is 0 Å². The molecule has 8 nitrogen and oxygen atoms in total. The fourth-order valence-electron chi connectivity index (χ4n) is 0.634. The van der Waals surface area contributed by atoms with Gasteiger partial charge in [-0.1, -0.05) is 0 Å². The Hall–Kier alpha value is 3.09. The van der Waals surface area contributed by atoms with Crippen LogP contribution in [0.15, 0.2) is 0 Å². The third kappa shape index (κ3) is 21.5. The SMILES string of the molecule is O=S([O-])CN(CS(=O)[O-])CS(=O)(=O)[O-].[Na+].[Na+].[Na+]. The van der Waals surface area contributed by atoms with Crippen molar-refractivity contribution in [1.82, 2.24) is 4.90 Å². The predicted octanol–water partition coefficient (Wildman–Crippen LogP) is -11.5. The molecule has 0 radical (unpaired) electrons. The summed E-state index contributed by atoms with van der Waals surface area (Å²) in [5.74, 6) is -2.81. The van der Waals surface area contributed by atoms with E-state index >= 15 is 0 Å². The quantitative estimate of drug-likeness (QED) is 0.265. The summed E-state index contributed by atoms with van der Waals surface area (Å²) in [6.45, 7) is 0. The van der Waals surface area contributed by atoms with Crippen LogP contribution in [0.1, 0.15) is 0 Å². The van der Waals surface area contributed by atoms with Gasteiger partial charge in [0.15, 0.2) is 0 Å². The van der Waals surface area contributed by atoms with Crippen LogP contribution in [-0.2, 0) is 32.3 Å². The Balaban J connectivity index is -0.000000282. The average Bonchev–Trinajstić information content (AvgIpc) is 1.77. The molecule has 0 heterocycles. The molecular formula is C3H6NNa3O7S3. The van der Waals surface area contributed by atoms with Crippen molar-refractivity contribution < 1.29 is 119 Å². The van der Waals surface area contributed by atoms with Crippen molar-refractivity contribution in [3.63, 3.8) is 0 Å². The zero-order valence-electron chi connectivity index (χ0n) is 9.65. The molecule has 0 aliphatic carbocycles. The van der Waals surface area contributed by atoms with E-state index in [0.717, 1.165) is 0 Å². The third-order valence-corrected chi connectivity index (χ3v) is 2.75. The van der Waals surface area contributed by atoms with Gasteiger partial charge in [-0.15, -0.1) is 0 Å². The Morgan fingerprint density at radius 2 is 1.24 bits per heavy atom. The summed E-state index contributed by atoms with van der Waals surface area (Å²) in [4.78, 5) is 0.481. The van der Waals surface area contributed by atoms with Gasteiger partial charge in [0, 0.05) is 0 Å². The molecule has 14 heteroatoms. The van der Waals surface area contributed by atoms with Gasteiger partial charge in [-0.25, -0.2) is 8.42 Å². The predicted molar refractivity (Wildman–Crippen MR) is 44.0 cm³/mol. The van der Waals surface area contributed by atoms with Gasteiger partial charge in [0.1, 0.15) is 10.1 Å². The summed E-state index contributed by atoms with van der Waals surface area (Å²) in [5.41, 5.74) is 0. The molecule has 0 fully saturated rings. The van der Waals surface area contributed by atoms with Gasteiger partial charge in [-0.3, -0.25) is 13.3 Å². The molecule has 0 bridgehead atoms. The summed E-state index contributed by atoms with van der Waals surface area (Å²) in [6.07, 6.45) is 0. The van der Waals surface area contributed by atoms with Crippen molar-refractivity contribution in [1.29, 1.82) is 0 Å². The van der Waals surface area contributed by atoms with Crippen molar-refractivity contribution in [3.8, 4) is 0 Å². The molecule has 0 aromatic rings. The molecule has 0 saturated carbocycles. The molecular weight excluding hydrogens is 327 g/mol. The van der Waals surface area contributed by atoms with Crippen molar-refractivity contribution in [3.05, 3.63) is 0 Å². The topological polar surface area (TPSA) is 141 Å². The van der Waals surface area contributed by atoms with Crippen molar-refractivity contribution in [2.75, 3.05) is 17.6 Å². The fourth-order valence-corrected chi connectivity index (χ4v) is 2.57. The largest absolute Gasteiger partial charge is 1.00 e. The Bertz CT molecular complexity index is 319. The molecule has 0 aromatic carbocycles. The van der Waals surface area contributed by atoms with E-state index < -0.39 is 49.9 Å².